The predicted molar refractivity (Wildman–Crippen MR) is 170 cm³/mol. The number of ether oxygens (including phenoxy) is 2. The van der Waals surface area contributed by atoms with Crippen LogP contribution in [0.15, 0.2) is 11.8 Å². The van der Waals surface area contributed by atoms with Crippen molar-refractivity contribution in [1.82, 2.24) is 25.3 Å². The van der Waals surface area contributed by atoms with Crippen molar-refractivity contribution in [2.24, 2.45) is 17.8 Å². The van der Waals surface area contributed by atoms with E-state index in [9.17, 15) is 9.59 Å². The van der Waals surface area contributed by atoms with Gasteiger partial charge in [-0.25, -0.2) is 4.39 Å². The van der Waals surface area contributed by atoms with Gasteiger partial charge in [0.05, 0.1) is 48.1 Å². The van der Waals surface area contributed by atoms with E-state index in [4.69, 9.17) is 9.47 Å². The zero-order valence-electron chi connectivity index (χ0n) is 27.7. The summed E-state index contributed by atoms with van der Waals surface area (Å²) in [7, 11) is 6.26. The Hall–Kier alpha value is -1.59. The fourth-order valence-electron chi connectivity index (χ4n) is 10.2. The first-order chi connectivity index (χ1) is 21.8. The molecule has 12 unspecified atom stereocenters. The third-order valence-corrected chi connectivity index (χ3v) is 12.5. The van der Waals surface area contributed by atoms with Gasteiger partial charge in [0.15, 0.2) is 5.78 Å². The molecule has 45 heavy (non-hydrogen) atoms. The van der Waals surface area contributed by atoms with Crippen molar-refractivity contribution in [3.8, 4) is 0 Å². The third-order valence-electron chi connectivity index (χ3n) is 12.5. The number of fused-ring (bicyclic) bond motifs is 5. The highest BCUT2D eigenvalue weighted by atomic mass is 19.1. The van der Waals surface area contributed by atoms with E-state index in [1.54, 1.807) is 0 Å². The Bertz CT molecular complexity index is 1120. The summed E-state index contributed by atoms with van der Waals surface area (Å²) in [5.41, 5.74) is 0.189. The lowest BCUT2D eigenvalue weighted by Gasteiger charge is -2.60. The largest absolute Gasteiger partial charge is 0.374 e. The average molecular weight is 630 g/mol. The van der Waals surface area contributed by atoms with Crippen LogP contribution < -0.4 is 10.6 Å². The number of morpholine rings is 1. The first-order valence-electron chi connectivity index (χ1n) is 18.1. The molecule has 0 spiro atoms. The predicted octanol–water partition coefficient (Wildman–Crippen LogP) is 2.89. The Kier molecular flexibility index (Phi) is 9.59. The smallest absolute Gasteiger partial charge is 0.256 e. The number of nitrogens with one attached hydrogen (secondary N) is 2. The molecule has 0 radical (unpaired) electrons. The minimum Gasteiger partial charge on any atom is -0.374 e. The van der Waals surface area contributed by atoms with E-state index in [0.717, 1.165) is 58.2 Å². The molecule has 1 amide bonds. The molecule has 0 aromatic rings. The summed E-state index contributed by atoms with van der Waals surface area (Å²) in [5, 5.41) is 6.61. The van der Waals surface area contributed by atoms with Gasteiger partial charge in [-0.1, -0.05) is 12.8 Å². The number of carbonyl (C=O) groups excluding carboxylic acids is 2. The number of likely N-dealkylation sites (tertiary alicyclic amines) is 1. The number of rotatable bonds is 10. The lowest BCUT2D eigenvalue weighted by atomic mass is 9.67. The summed E-state index contributed by atoms with van der Waals surface area (Å²) in [6, 6.07) is -0.177. The highest BCUT2D eigenvalue weighted by Gasteiger charge is 2.61. The molecule has 12 atom stereocenters. The van der Waals surface area contributed by atoms with Gasteiger partial charge in [-0.2, -0.15) is 0 Å². The Labute approximate surface area is 269 Å². The fourth-order valence-corrected chi connectivity index (χ4v) is 10.2. The second kappa shape index (κ2) is 13.5. The molecule has 7 rings (SSSR count). The third kappa shape index (κ3) is 6.23. The molecule has 10 heteroatoms. The normalized spacial score (nSPS) is 42.6. The molecule has 9 nitrogen and oxygen atoms in total. The number of hydrogen-bond donors (Lipinski definition) is 2. The topological polar surface area (TPSA) is 86.4 Å². The van der Waals surface area contributed by atoms with Crippen LogP contribution in [0.25, 0.3) is 0 Å². The van der Waals surface area contributed by atoms with Crippen LogP contribution in [0, 0.1) is 17.8 Å². The molecule has 7 aliphatic rings. The molecule has 2 N–H and O–H groups in total. The highest BCUT2D eigenvalue weighted by Crippen LogP contribution is 2.52. The number of carbonyl (C=O) groups is 2. The quantitative estimate of drug-likeness (QED) is 0.282. The maximum absolute atomic E-state index is 16.2. The molecule has 0 bridgehead atoms. The van der Waals surface area contributed by atoms with Crippen LogP contribution in [0.2, 0.25) is 0 Å². The number of alkyl halides is 1. The van der Waals surface area contributed by atoms with Crippen molar-refractivity contribution in [2.45, 2.75) is 132 Å². The van der Waals surface area contributed by atoms with E-state index in [-0.39, 0.29) is 48.0 Å². The lowest BCUT2D eigenvalue weighted by molar-refractivity contribution is -0.209. The summed E-state index contributed by atoms with van der Waals surface area (Å²) >= 11 is 0. The van der Waals surface area contributed by atoms with Gasteiger partial charge >= 0.3 is 0 Å². The monoisotopic (exact) mass is 629 g/mol. The van der Waals surface area contributed by atoms with Crippen molar-refractivity contribution in [3.05, 3.63) is 11.8 Å². The minimum absolute atomic E-state index is 0.0232. The second-order valence-electron chi connectivity index (χ2n) is 15.5. The van der Waals surface area contributed by atoms with Gasteiger partial charge in [0, 0.05) is 24.7 Å². The van der Waals surface area contributed by atoms with Crippen LogP contribution in [-0.4, -0.2) is 128 Å². The molecule has 4 aliphatic heterocycles. The minimum atomic E-state index is -1.21. The fraction of sp³-hybridized carbons (Fsp3) is 0.886. The van der Waals surface area contributed by atoms with Gasteiger partial charge in [-0.3, -0.25) is 9.59 Å². The number of Topliss-reactive ketones (excluding diaryl/α,β-unsaturated/α-hetero) is 1. The Balaban J connectivity index is 1.12. The summed E-state index contributed by atoms with van der Waals surface area (Å²) in [4.78, 5) is 34.3. The number of hydrogen-bond acceptors (Lipinski definition) is 8. The summed E-state index contributed by atoms with van der Waals surface area (Å²) < 4.78 is 29.9. The Morgan fingerprint density at radius 3 is 2.64 bits per heavy atom. The van der Waals surface area contributed by atoms with E-state index < -0.39 is 24.2 Å². The first-order valence-corrected chi connectivity index (χ1v) is 18.1. The molecule has 6 fully saturated rings. The number of nitrogens with zero attached hydrogens (tertiary/aromatic N) is 3. The molecule has 3 aliphatic carbocycles. The first kappa shape index (κ1) is 32.0. The van der Waals surface area contributed by atoms with Gasteiger partial charge in [0.1, 0.15) is 6.17 Å². The second-order valence-corrected chi connectivity index (χ2v) is 15.5. The zero-order chi connectivity index (χ0) is 31.2. The number of ketones is 1. The van der Waals surface area contributed by atoms with Gasteiger partial charge in [0.25, 0.3) is 5.91 Å². The van der Waals surface area contributed by atoms with Gasteiger partial charge in [-0.15, -0.1) is 0 Å². The molecular weight excluding hydrogens is 573 g/mol. The van der Waals surface area contributed by atoms with Crippen LogP contribution >= 0.6 is 0 Å². The van der Waals surface area contributed by atoms with Gasteiger partial charge < -0.3 is 34.8 Å². The van der Waals surface area contributed by atoms with Crippen molar-refractivity contribution in [3.63, 3.8) is 0 Å². The molecular formula is C35H56FN5O4. The number of unbranched alkanes of at least 4 members (excludes halogenated alkanes) is 1. The van der Waals surface area contributed by atoms with Crippen molar-refractivity contribution < 1.29 is 23.5 Å². The average Bonchev–Trinajstić information content (AvgIpc) is 3.60. The number of halogens is 1. The SMILES string of the molecule is CN(C)CCCCNC(=O)C1=CN2C3CC4OC5CCCCC5C4CC3OC3C(NCCC4CCCN4C)C(F)CC(C1=O)C32. The standard InChI is InChI=1S/C35H56FN5O4/c1-39(2)15-7-6-13-38-35(43)25-20-41-27-19-29-23(22-10-4-5-11-28(22)44-29)18-30(27)45-34-31(26(36)17-24(32(34)41)33(25)42)37-14-12-21-9-8-16-40(21)3/h20-24,26-32,34,37H,4-19H2,1-3H3,(H,38,43). The number of amides is 1. The van der Waals surface area contributed by atoms with Crippen LogP contribution in [0.3, 0.4) is 0 Å². The molecule has 0 aromatic carbocycles. The molecule has 252 valence electrons. The molecule has 3 saturated carbocycles. The summed E-state index contributed by atoms with van der Waals surface area (Å²) in [6.07, 6.45) is 12.6. The van der Waals surface area contributed by atoms with Crippen LogP contribution in [-0.2, 0) is 19.1 Å². The van der Waals surface area contributed by atoms with Crippen molar-refractivity contribution in [1.29, 1.82) is 0 Å². The van der Waals surface area contributed by atoms with E-state index >= 15 is 4.39 Å². The van der Waals surface area contributed by atoms with Gasteiger partial charge in [0.2, 0.25) is 0 Å². The molecule has 4 heterocycles. The molecule has 3 saturated heterocycles. The maximum atomic E-state index is 16.2. The van der Waals surface area contributed by atoms with Crippen molar-refractivity contribution >= 4 is 11.7 Å². The highest BCUT2D eigenvalue weighted by molar-refractivity contribution is 6.20. The van der Waals surface area contributed by atoms with Gasteiger partial charge in [-0.05, 0) is 117 Å². The van der Waals surface area contributed by atoms with Crippen LogP contribution in [0.4, 0.5) is 4.39 Å². The van der Waals surface area contributed by atoms with Crippen LogP contribution in [0.1, 0.15) is 77.0 Å². The lowest BCUT2D eigenvalue weighted by Crippen LogP contribution is -2.73. The maximum Gasteiger partial charge on any atom is 0.256 e. The Morgan fingerprint density at radius 1 is 1.00 bits per heavy atom. The van der Waals surface area contributed by atoms with E-state index in [1.165, 1.54) is 32.1 Å². The van der Waals surface area contributed by atoms with E-state index in [2.05, 4.69) is 32.4 Å². The van der Waals surface area contributed by atoms with Crippen molar-refractivity contribution in [2.75, 3.05) is 47.3 Å². The van der Waals surface area contributed by atoms with E-state index in [1.807, 2.05) is 20.3 Å². The van der Waals surface area contributed by atoms with Crippen LogP contribution in [0.5, 0.6) is 0 Å². The Morgan fingerprint density at radius 2 is 1.84 bits per heavy atom. The summed E-state index contributed by atoms with van der Waals surface area (Å²) in [5.74, 6) is -0.0769. The molecule has 0 aromatic heterocycles. The summed E-state index contributed by atoms with van der Waals surface area (Å²) in [6.45, 7) is 3.34. The zero-order valence-corrected chi connectivity index (χ0v) is 27.7. The van der Waals surface area contributed by atoms with E-state index in [0.29, 0.717) is 30.5 Å².